The quantitative estimate of drug-likeness (QED) is 0.734. The summed E-state index contributed by atoms with van der Waals surface area (Å²) in [6.45, 7) is 4.56. The van der Waals surface area contributed by atoms with Gasteiger partial charge in [-0.3, -0.25) is 9.59 Å². The number of rotatable bonds is 6. The number of alkyl halides is 1. The molecular weight excluding hydrogens is 320 g/mol. The summed E-state index contributed by atoms with van der Waals surface area (Å²) in [5.41, 5.74) is 0. The van der Waals surface area contributed by atoms with Crippen molar-refractivity contribution < 1.29 is 19.1 Å². The molecule has 2 rings (SSSR count). The van der Waals surface area contributed by atoms with Crippen molar-refractivity contribution in [1.29, 1.82) is 0 Å². The second-order valence-corrected chi connectivity index (χ2v) is 5.36. The molecule has 1 aromatic rings. The Labute approximate surface area is 140 Å². The summed E-state index contributed by atoms with van der Waals surface area (Å²) < 4.78 is 10.8. The lowest BCUT2D eigenvalue weighted by molar-refractivity contribution is -0.139. The van der Waals surface area contributed by atoms with Crippen molar-refractivity contribution in [2.45, 2.75) is 6.92 Å². The third kappa shape index (κ3) is 5.03. The molecule has 0 saturated carbocycles. The molecule has 0 bridgehead atoms. The van der Waals surface area contributed by atoms with Crippen molar-refractivity contribution >= 4 is 23.4 Å². The second-order valence-electron chi connectivity index (χ2n) is 5.09. The average Bonchev–Trinajstić information content (AvgIpc) is 2.60. The van der Waals surface area contributed by atoms with E-state index in [2.05, 4.69) is 0 Å². The largest absolute Gasteiger partial charge is 0.494 e. The number of benzene rings is 1. The number of ether oxygens (including phenoxy) is 2. The van der Waals surface area contributed by atoms with Crippen molar-refractivity contribution in [2.24, 2.45) is 0 Å². The van der Waals surface area contributed by atoms with Gasteiger partial charge < -0.3 is 19.3 Å². The molecule has 126 valence electrons. The summed E-state index contributed by atoms with van der Waals surface area (Å²) in [6, 6.07) is 7.16. The van der Waals surface area contributed by atoms with E-state index in [0.717, 1.165) is 5.75 Å². The van der Waals surface area contributed by atoms with Crippen LogP contribution in [0.3, 0.4) is 0 Å². The van der Waals surface area contributed by atoms with Gasteiger partial charge in [0.15, 0.2) is 6.61 Å². The predicted molar refractivity (Wildman–Crippen MR) is 87.0 cm³/mol. The van der Waals surface area contributed by atoms with Crippen LogP contribution in [0.5, 0.6) is 11.5 Å². The number of carbonyl (C=O) groups is 2. The fourth-order valence-electron chi connectivity index (χ4n) is 2.32. The predicted octanol–water partition coefficient (Wildman–Crippen LogP) is 1.37. The Balaban J connectivity index is 1.76. The van der Waals surface area contributed by atoms with Crippen LogP contribution in [0.25, 0.3) is 0 Å². The number of amides is 2. The van der Waals surface area contributed by atoms with Gasteiger partial charge in [0.25, 0.3) is 5.91 Å². The maximum Gasteiger partial charge on any atom is 0.260 e. The molecule has 1 aliphatic heterocycles. The minimum atomic E-state index is -0.0931. The van der Waals surface area contributed by atoms with Gasteiger partial charge in [-0.15, -0.1) is 11.6 Å². The summed E-state index contributed by atoms with van der Waals surface area (Å²) in [4.78, 5) is 27.0. The molecule has 1 heterocycles. The van der Waals surface area contributed by atoms with Gasteiger partial charge in [0.1, 0.15) is 17.4 Å². The molecule has 23 heavy (non-hydrogen) atoms. The number of piperazine rings is 1. The lowest BCUT2D eigenvalue weighted by Gasteiger charge is -2.34. The number of carbonyl (C=O) groups excluding carboxylic acids is 2. The summed E-state index contributed by atoms with van der Waals surface area (Å²) in [7, 11) is 0. The van der Waals surface area contributed by atoms with Gasteiger partial charge in [0, 0.05) is 26.2 Å². The molecule has 6 nitrogen and oxygen atoms in total. The summed E-state index contributed by atoms with van der Waals surface area (Å²) in [5, 5.41) is 0. The molecule has 0 aromatic heterocycles. The van der Waals surface area contributed by atoms with Crippen LogP contribution in [0, 0.1) is 0 Å². The number of nitrogens with zero attached hydrogens (tertiary/aromatic N) is 2. The Hall–Kier alpha value is -1.95. The summed E-state index contributed by atoms with van der Waals surface area (Å²) in [5.74, 6) is 1.19. The molecule has 0 aliphatic carbocycles. The van der Waals surface area contributed by atoms with E-state index >= 15 is 0 Å². The van der Waals surface area contributed by atoms with Crippen LogP contribution in [0.2, 0.25) is 0 Å². The zero-order chi connectivity index (χ0) is 16.7. The molecular formula is C16H21ClN2O4. The Morgan fingerprint density at radius 1 is 0.957 bits per heavy atom. The van der Waals surface area contributed by atoms with Gasteiger partial charge in [-0.1, -0.05) is 0 Å². The van der Waals surface area contributed by atoms with Crippen LogP contribution in [-0.2, 0) is 9.59 Å². The standard InChI is InChI=1S/C16H21ClN2O4/c1-2-22-13-3-5-14(6-4-13)23-12-16(21)19-9-7-18(8-10-19)15(20)11-17/h3-6H,2,7-12H2,1H3. The van der Waals surface area contributed by atoms with Crippen LogP contribution >= 0.6 is 11.6 Å². The van der Waals surface area contributed by atoms with Crippen molar-refractivity contribution in [1.82, 2.24) is 9.80 Å². The normalized spacial score (nSPS) is 14.5. The van der Waals surface area contributed by atoms with E-state index in [1.165, 1.54) is 0 Å². The summed E-state index contributed by atoms with van der Waals surface area (Å²) in [6.07, 6.45) is 0. The highest BCUT2D eigenvalue weighted by molar-refractivity contribution is 6.27. The molecule has 1 fully saturated rings. The molecule has 1 aliphatic rings. The van der Waals surface area contributed by atoms with Gasteiger partial charge in [-0.05, 0) is 31.2 Å². The van der Waals surface area contributed by atoms with Crippen molar-refractivity contribution in [3.05, 3.63) is 24.3 Å². The average molecular weight is 341 g/mol. The zero-order valence-corrected chi connectivity index (χ0v) is 13.9. The van der Waals surface area contributed by atoms with E-state index in [9.17, 15) is 9.59 Å². The minimum absolute atomic E-state index is 0.0164. The van der Waals surface area contributed by atoms with Crippen LogP contribution in [0.15, 0.2) is 24.3 Å². The highest BCUT2D eigenvalue weighted by atomic mass is 35.5. The van der Waals surface area contributed by atoms with E-state index in [-0.39, 0.29) is 24.3 Å². The van der Waals surface area contributed by atoms with E-state index in [4.69, 9.17) is 21.1 Å². The number of hydrogen-bond donors (Lipinski definition) is 0. The lowest BCUT2D eigenvalue weighted by Crippen LogP contribution is -2.51. The lowest BCUT2D eigenvalue weighted by atomic mass is 10.3. The molecule has 0 atom stereocenters. The Morgan fingerprint density at radius 2 is 1.43 bits per heavy atom. The van der Waals surface area contributed by atoms with Crippen molar-refractivity contribution in [3.8, 4) is 11.5 Å². The second kappa shape index (κ2) is 8.62. The van der Waals surface area contributed by atoms with Gasteiger partial charge in [0.05, 0.1) is 6.61 Å². The van der Waals surface area contributed by atoms with E-state index in [1.807, 2.05) is 6.92 Å². The zero-order valence-electron chi connectivity index (χ0n) is 13.2. The van der Waals surface area contributed by atoms with Gasteiger partial charge >= 0.3 is 0 Å². The van der Waals surface area contributed by atoms with Crippen molar-refractivity contribution in [3.63, 3.8) is 0 Å². The molecule has 0 spiro atoms. The minimum Gasteiger partial charge on any atom is -0.494 e. The van der Waals surface area contributed by atoms with Crippen LogP contribution in [0.4, 0.5) is 0 Å². The van der Waals surface area contributed by atoms with Crippen LogP contribution in [0.1, 0.15) is 6.92 Å². The molecule has 1 aromatic carbocycles. The smallest absolute Gasteiger partial charge is 0.260 e. The van der Waals surface area contributed by atoms with Gasteiger partial charge in [-0.2, -0.15) is 0 Å². The van der Waals surface area contributed by atoms with E-state index < -0.39 is 0 Å². The molecule has 0 radical (unpaired) electrons. The third-order valence-electron chi connectivity index (χ3n) is 3.60. The fraction of sp³-hybridized carbons (Fsp3) is 0.500. The fourth-order valence-corrected chi connectivity index (χ4v) is 2.49. The maximum atomic E-state index is 12.1. The Morgan fingerprint density at radius 3 is 1.91 bits per heavy atom. The topological polar surface area (TPSA) is 59.1 Å². The van der Waals surface area contributed by atoms with Crippen LogP contribution < -0.4 is 9.47 Å². The molecule has 1 saturated heterocycles. The first-order chi connectivity index (χ1) is 11.1. The SMILES string of the molecule is CCOc1ccc(OCC(=O)N2CCN(C(=O)CCl)CC2)cc1. The number of halogens is 1. The molecule has 7 heteroatoms. The van der Waals surface area contributed by atoms with E-state index in [1.54, 1.807) is 34.1 Å². The first kappa shape index (κ1) is 17.4. The first-order valence-corrected chi connectivity index (χ1v) is 8.14. The Bertz CT molecular complexity index is 527. The monoisotopic (exact) mass is 340 g/mol. The highest BCUT2D eigenvalue weighted by Crippen LogP contribution is 2.17. The molecule has 0 unspecified atom stereocenters. The molecule has 2 amide bonds. The first-order valence-electron chi connectivity index (χ1n) is 7.61. The van der Waals surface area contributed by atoms with Gasteiger partial charge in [0.2, 0.25) is 5.91 Å². The highest BCUT2D eigenvalue weighted by Gasteiger charge is 2.23. The van der Waals surface area contributed by atoms with Gasteiger partial charge in [-0.25, -0.2) is 0 Å². The maximum absolute atomic E-state index is 12.1. The molecule has 0 N–H and O–H groups in total. The Kier molecular flexibility index (Phi) is 6.52. The summed E-state index contributed by atoms with van der Waals surface area (Å²) >= 11 is 5.53. The van der Waals surface area contributed by atoms with Crippen molar-refractivity contribution in [2.75, 3.05) is 45.3 Å². The number of hydrogen-bond acceptors (Lipinski definition) is 4. The van der Waals surface area contributed by atoms with E-state index in [0.29, 0.717) is 38.5 Å². The van der Waals surface area contributed by atoms with Crippen LogP contribution in [-0.4, -0.2) is 66.9 Å². The third-order valence-corrected chi connectivity index (χ3v) is 3.83.